The van der Waals surface area contributed by atoms with Crippen LogP contribution in [0.3, 0.4) is 0 Å². The second-order valence-corrected chi connectivity index (χ2v) is 11.7. The Bertz CT molecular complexity index is 1380. The maximum Gasteiger partial charge on any atom is 0.339 e. The number of rotatable bonds is 10. The molecule has 0 aliphatic carbocycles. The number of nitrogens with two attached hydrogens (primary N) is 1. The zero-order chi connectivity index (χ0) is 25.9. The molecule has 3 aromatic rings. The maximum absolute atomic E-state index is 13.2. The predicted octanol–water partition coefficient (Wildman–Crippen LogP) is 3.47. The van der Waals surface area contributed by atoms with Crippen molar-refractivity contribution < 1.29 is 23.1 Å². The quantitative estimate of drug-likeness (QED) is 0.310. The van der Waals surface area contributed by atoms with Gasteiger partial charge in [0.25, 0.3) is 0 Å². The molecule has 0 aliphatic heterocycles. The highest BCUT2D eigenvalue weighted by atomic mass is 32.2. The fourth-order valence-corrected chi connectivity index (χ4v) is 6.29. The number of aromatic nitrogens is 2. The molecule has 3 N–H and O–H groups in total. The molecule has 35 heavy (non-hydrogen) atoms. The van der Waals surface area contributed by atoms with Gasteiger partial charge in [0.15, 0.2) is 0 Å². The fraction of sp³-hybridized carbons (Fsp3) is 0.417. The van der Waals surface area contributed by atoms with Crippen molar-refractivity contribution in [3.05, 3.63) is 57.0 Å². The minimum Gasteiger partial charge on any atom is -0.493 e. The van der Waals surface area contributed by atoms with Gasteiger partial charge in [-0.15, -0.1) is 11.3 Å². The van der Waals surface area contributed by atoms with E-state index in [2.05, 4.69) is 0 Å². The van der Waals surface area contributed by atoms with Gasteiger partial charge in [-0.05, 0) is 36.0 Å². The number of hydrogen-bond donors (Lipinski definition) is 2. The standard InChI is InChI=1S/C24H31N3O6S2/c1-5-6-10-33-22(29)21-18(11-15(2)3)34-23(35(25,31)32)20(21)17-9-7-8-16(12-17)13-27-19(28)14-26(4)24(27)30/h7-9,12,14-15,28H,5-6,10-11,13H2,1-4H3,(H2,25,31,32). The Hall–Kier alpha value is -2.89. The van der Waals surface area contributed by atoms with Crippen LogP contribution in [0.5, 0.6) is 5.88 Å². The summed E-state index contributed by atoms with van der Waals surface area (Å²) in [6.45, 7) is 6.23. The fourth-order valence-electron chi connectivity index (χ4n) is 3.77. The summed E-state index contributed by atoms with van der Waals surface area (Å²) in [5, 5.41) is 15.7. The average Bonchev–Trinajstić information content (AvgIpc) is 3.26. The van der Waals surface area contributed by atoms with Crippen LogP contribution in [-0.4, -0.2) is 35.2 Å². The van der Waals surface area contributed by atoms with E-state index in [-0.39, 0.29) is 40.3 Å². The summed E-state index contributed by atoms with van der Waals surface area (Å²) in [5.74, 6) is -0.614. The zero-order valence-corrected chi connectivity index (χ0v) is 21.9. The molecule has 1 aromatic carbocycles. The molecule has 0 bridgehead atoms. The van der Waals surface area contributed by atoms with Crippen LogP contribution < -0.4 is 10.8 Å². The first-order valence-electron chi connectivity index (χ1n) is 11.3. The van der Waals surface area contributed by atoms with Crippen LogP contribution in [0.25, 0.3) is 11.1 Å². The lowest BCUT2D eigenvalue weighted by Gasteiger charge is -2.12. The van der Waals surface area contributed by atoms with Crippen molar-refractivity contribution in [2.24, 2.45) is 18.1 Å². The van der Waals surface area contributed by atoms with Gasteiger partial charge in [-0.25, -0.2) is 23.1 Å². The number of ether oxygens (including phenoxy) is 1. The van der Waals surface area contributed by atoms with E-state index >= 15 is 0 Å². The van der Waals surface area contributed by atoms with Gasteiger partial charge in [-0.1, -0.05) is 45.4 Å². The van der Waals surface area contributed by atoms with E-state index in [1.165, 1.54) is 22.4 Å². The van der Waals surface area contributed by atoms with Crippen molar-refractivity contribution in [1.82, 2.24) is 9.13 Å². The molecule has 0 radical (unpaired) electrons. The number of esters is 1. The third-order valence-electron chi connectivity index (χ3n) is 5.41. The second-order valence-electron chi connectivity index (χ2n) is 8.86. The van der Waals surface area contributed by atoms with Crippen molar-refractivity contribution in [1.29, 1.82) is 0 Å². The minimum atomic E-state index is -4.15. The molecule has 2 aromatic heterocycles. The van der Waals surface area contributed by atoms with E-state index < -0.39 is 21.7 Å². The third kappa shape index (κ3) is 6.03. The highest BCUT2D eigenvalue weighted by Gasteiger charge is 2.31. The van der Waals surface area contributed by atoms with Gasteiger partial charge in [0.2, 0.25) is 15.9 Å². The molecule has 190 valence electrons. The minimum absolute atomic E-state index is 0.0589. The van der Waals surface area contributed by atoms with Gasteiger partial charge in [0.1, 0.15) is 4.21 Å². The van der Waals surface area contributed by atoms with Crippen LogP contribution in [0.4, 0.5) is 0 Å². The summed E-state index contributed by atoms with van der Waals surface area (Å²) in [7, 11) is -2.61. The molecule has 3 rings (SSSR count). The largest absolute Gasteiger partial charge is 0.493 e. The second kappa shape index (κ2) is 10.8. The molecule has 0 spiro atoms. The molecule has 0 saturated carbocycles. The number of carbonyl (C=O) groups excluding carboxylic acids is 1. The van der Waals surface area contributed by atoms with E-state index in [9.17, 15) is 23.1 Å². The molecule has 0 amide bonds. The normalized spacial score (nSPS) is 11.8. The van der Waals surface area contributed by atoms with Gasteiger partial charge in [0.05, 0.1) is 24.9 Å². The van der Waals surface area contributed by atoms with E-state index in [0.29, 0.717) is 28.8 Å². The summed E-state index contributed by atoms with van der Waals surface area (Å²) in [6, 6.07) is 6.83. The predicted molar refractivity (Wildman–Crippen MR) is 135 cm³/mol. The number of imidazole rings is 1. The van der Waals surface area contributed by atoms with Crippen molar-refractivity contribution in [2.45, 2.75) is 50.8 Å². The van der Waals surface area contributed by atoms with Gasteiger partial charge < -0.3 is 9.84 Å². The van der Waals surface area contributed by atoms with E-state index in [4.69, 9.17) is 9.88 Å². The van der Waals surface area contributed by atoms with Gasteiger partial charge >= 0.3 is 11.7 Å². The topological polar surface area (TPSA) is 134 Å². The number of unbranched alkanes of at least 4 members (excludes halogenated alkanes) is 1. The zero-order valence-electron chi connectivity index (χ0n) is 20.3. The number of carbonyl (C=O) groups is 1. The Morgan fingerprint density at radius 3 is 2.57 bits per heavy atom. The first-order valence-corrected chi connectivity index (χ1v) is 13.7. The molecule has 2 heterocycles. The number of sulfonamides is 1. The molecule has 11 heteroatoms. The van der Waals surface area contributed by atoms with Gasteiger partial charge in [-0.2, -0.15) is 0 Å². The number of primary sulfonamides is 1. The smallest absolute Gasteiger partial charge is 0.339 e. The molecular weight excluding hydrogens is 490 g/mol. The number of thiophene rings is 1. The number of benzene rings is 1. The molecule has 0 atom stereocenters. The van der Waals surface area contributed by atoms with Gasteiger partial charge in [-0.3, -0.25) is 9.13 Å². The number of aromatic hydroxyl groups is 1. The monoisotopic (exact) mass is 521 g/mol. The summed E-state index contributed by atoms with van der Waals surface area (Å²) in [4.78, 5) is 26.1. The Labute approximate surface area is 208 Å². The Balaban J connectivity index is 2.18. The number of hydrogen-bond acceptors (Lipinski definition) is 7. The first-order chi connectivity index (χ1) is 16.4. The van der Waals surface area contributed by atoms with Crippen LogP contribution in [0.1, 0.15) is 54.4 Å². The first kappa shape index (κ1) is 26.7. The number of nitrogens with zero attached hydrogens (tertiary/aromatic N) is 2. The van der Waals surface area contributed by atoms with Crippen LogP contribution in [-0.2, 0) is 34.8 Å². The molecule has 0 saturated heterocycles. The van der Waals surface area contributed by atoms with Crippen molar-refractivity contribution in [3.8, 4) is 17.0 Å². The lowest BCUT2D eigenvalue weighted by molar-refractivity contribution is 0.0500. The Morgan fingerprint density at radius 2 is 2.00 bits per heavy atom. The van der Waals surface area contributed by atoms with Crippen LogP contribution in [0.2, 0.25) is 0 Å². The molecular formula is C24H31N3O6S2. The Morgan fingerprint density at radius 1 is 1.29 bits per heavy atom. The molecule has 0 unspecified atom stereocenters. The number of aryl methyl sites for hydroxylation is 1. The van der Waals surface area contributed by atoms with Gasteiger partial charge in [0, 0.05) is 17.5 Å². The van der Waals surface area contributed by atoms with Crippen molar-refractivity contribution >= 4 is 27.3 Å². The maximum atomic E-state index is 13.2. The average molecular weight is 522 g/mol. The third-order valence-corrected chi connectivity index (χ3v) is 8.09. The lowest BCUT2D eigenvalue weighted by atomic mass is 9.98. The van der Waals surface area contributed by atoms with E-state index in [1.807, 2.05) is 20.8 Å². The van der Waals surface area contributed by atoms with Crippen molar-refractivity contribution in [2.75, 3.05) is 6.61 Å². The summed E-state index contributed by atoms with van der Waals surface area (Å²) in [5.41, 5.74) is 1.12. The molecule has 0 aliphatic rings. The van der Waals surface area contributed by atoms with Crippen LogP contribution in [0.15, 0.2) is 39.5 Å². The highest BCUT2D eigenvalue weighted by molar-refractivity contribution is 7.91. The van der Waals surface area contributed by atoms with E-state index in [1.54, 1.807) is 24.3 Å². The Kier molecular flexibility index (Phi) is 8.24. The highest BCUT2D eigenvalue weighted by Crippen LogP contribution is 2.41. The summed E-state index contributed by atoms with van der Waals surface area (Å²) < 4.78 is 33.0. The van der Waals surface area contributed by atoms with Crippen molar-refractivity contribution in [3.63, 3.8) is 0 Å². The SMILES string of the molecule is CCCCOC(=O)c1c(CC(C)C)sc(S(N)(=O)=O)c1-c1cccc(Cn2c(O)cn(C)c2=O)c1. The molecule has 9 nitrogen and oxygen atoms in total. The van der Waals surface area contributed by atoms with E-state index in [0.717, 1.165) is 17.8 Å². The molecule has 0 fully saturated rings. The summed E-state index contributed by atoms with van der Waals surface area (Å²) >= 11 is 0.990. The van der Waals surface area contributed by atoms with Crippen LogP contribution in [0, 0.1) is 5.92 Å². The van der Waals surface area contributed by atoms with Crippen LogP contribution >= 0.6 is 11.3 Å². The summed E-state index contributed by atoms with van der Waals surface area (Å²) in [6.07, 6.45) is 3.33. The lowest BCUT2D eigenvalue weighted by Crippen LogP contribution is -2.22.